The maximum absolute atomic E-state index is 13.8. The Morgan fingerprint density at radius 2 is 2.11 bits per heavy atom. The summed E-state index contributed by atoms with van der Waals surface area (Å²) in [6, 6.07) is 1.81. The lowest BCUT2D eigenvalue weighted by molar-refractivity contribution is -0.0805. The van der Waals surface area contributed by atoms with Crippen LogP contribution >= 0.6 is 15.9 Å². The van der Waals surface area contributed by atoms with Gasteiger partial charge in [0.1, 0.15) is 29.6 Å². The van der Waals surface area contributed by atoms with Gasteiger partial charge in [-0.2, -0.15) is 0 Å². The SMILES string of the molecule is CC1(c2cc(Br)c(F)cc2F)N=C(N)COC1F. The van der Waals surface area contributed by atoms with Crippen LogP contribution in [0.2, 0.25) is 0 Å². The molecule has 1 aromatic rings. The van der Waals surface area contributed by atoms with Gasteiger partial charge in [-0.05, 0) is 28.9 Å². The third kappa shape index (κ3) is 2.12. The van der Waals surface area contributed by atoms with Gasteiger partial charge in [0.25, 0.3) is 0 Å². The van der Waals surface area contributed by atoms with Crippen LogP contribution in [0, 0.1) is 11.6 Å². The number of ether oxygens (including phenoxy) is 1. The summed E-state index contributed by atoms with van der Waals surface area (Å²) in [6.45, 7) is 1.19. The van der Waals surface area contributed by atoms with Crippen LogP contribution in [-0.2, 0) is 10.3 Å². The molecule has 0 aliphatic carbocycles. The Morgan fingerprint density at radius 1 is 1.44 bits per heavy atom. The van der Waals surface area contributed by atoms with E-state index < -0.39 is 23.5 Å². The summed E-state index contributed by atoms with van der Waals surface area (Å²) in [6.07, 6.45) is -1.85. The standard InChI is InChI=1S/C11H10BrF3N2O/c1-11(10(15)18-4-9(16)17-11)5-2-6(12)8(14)3-7(5)13/h2-3,10H,4H2,1H3,(H2,16,17). The summed E-state index contributed by atoms with van der Waals surface area (Å²) >= 11 is 2.92. The van der Waals surface area contributed by atoms with Gasteiger partial charge in [0.15, 0.2) is 0 Å². The first-order valence-electron chi connectivity index (χ1n) is 5.09. The molecule has 0 bridgehead atoms. The van der Waals surface area contributed by atoms with Gasteiger partial charge in [0.05, 0.1) is 4.47 Å². The van der Waals surface area contributed by atoms with Crippen molar-refractivity contribution < 1.29 is 17.9 Å². The molecule has 2 unspecified atom stereocenters. The molecule has 0 radical (unpaired) electrons. The first-order chi connectivity index (χ1) is 8.34. The Kier molecular flexibility index (Phi) is 3.37. The van der Waals surface area contributed by atoms with Crippen LogP contribution in [0.4, 0.5) is 13.2 Å². The molecule has 0 saturated carbocycles. The molecule has 1 aliphatic heterocycles. The minimum atomic E-state index is -1.85. The number of amidine groups is 1. The number of nitrogens with two attached hydrogens (primary N) is 1. The molecule has 2 rings (SSSR count). The summed E-state index contributed by atoms with van der Waals surface area (Å²) in [7, 11) is 0. The molecule has 0 saturated heterocycles. The van der Waals surface area contributed by atoms with Crippen LogP contribution in [0.3, 0.4) is 0 Å². The van der Waals surface area contributed by atoms with Crippen molar-refractivity contribution in [3.8, 4) is 0 Å². The van der Waals surface area contributed by atoms with Gasteiger partial charge in [0.2, 0.25) is 6.36 Å². The Morgan fingerprint density at radius 3 is 2.78 bits per heavy atom. The smallest absolute Gasteiger partial charge is 0.228 e. The van der Waals surface area contributed by atoms with Crippen molar-refractivity contribution in [2.24, 2.45) is 10.7 Å². The average Bonchev–Trinajstić information content (AvgIpc) is 2.29. The van der Waals surface area contributed by atoms with Crippen molar-refractivity contribution in [1.29, 1.82) is 0 Å². The van der Waals surface area contributed by atoms with Crippen molar-refractivity contribution in [2.75, 3.05) is 6.61 Å². The first kappa shape index (κ1) is 13.4. The van der Waals surface area contributed by atoms with Gasteiger partial charge < -0.3 is 10.5 Å². The molecule has 1 heterocycles. The lowest BCUT2D eigenvalue weighted by atomic mass is 9.91. The van der Waals surface area contributed by atoms with Gasteiger partial charge >= 0.3 is 0 Å². The Labute approximate surface area is 110 Å². The summed E-state index contributed by atoms with van der Waals surface area (Å²) in [5, 5.41) is 0. The number of rotatable bonds is 1. The molecule has 0 amide bonds. The molecule has 1 aliphatic rings. The lowest BCUT2D eigenvalue weighted by Gasteiger charge is -2.33. The van der Waals surface area contributed by atoms with Crippen molar-refractivity contribution in [1.82, 2.24) is 0 Å². The third-order valence-corrected chi connectivity index (χ3v) is 3.36. The highest BCUT2D eigenvalue weighted by Crippen LogP contribution is 2.37. The zero-order valence-electron chi connectivity index (χ0n) is 9.38. The molecular weight excluding hydrogens is 313 g/mol. The van der Waals surface area contributed by atoms with Gasteiger partial charge in [-0.15, -0.1) is 0 Å². The van der Waals surface area contributed by atoms with Crippen molar-refractivity contribution in [3.05, 3.63) is 33.8 Å². The molecule has 2 atom stereocenters. The monoisotopic (exact) mass is 322 g/mol. The number of halogens is 4. The number of alkyl halides is 1. The van der Waals surface area contributed by atoms with E-state index >= 15 is 0 Å². The fourth-order valence-electron chi connectivity index (χ4n) is 1.80. The quantitative estimate of drug-likeness (QED) is 0.808. The summed E-state index contributed by atoms with van der Waals surface area (Å²) in [5.74, 6) is -1.61. The Hall–Kier alpha value is -1.08. The van der Waals surface area contributed by atoms with Crippen LogP contribution in [-0.4, -0.2) is 18.8 Å². The number of hydrogen-bond acceptors (Lipinski definition) is 3. The summed E-state index contributed by atoms with van der Waals surface area (Å²) in [4.78, 5) is 3.91. The second kappa shape index (κ2) is 4.55. The normalized spacial score (nSPS) is 28.1. The molecule has 0 fully saturated rings. The number of aliphatic imine (C=N–C) groups is 1. The Balaban J connectivity index is 2.59. The van der Waals surface area contributed by atoms with E-state index in [9.17, 15) is 13.2 Å². The van der Waals surface area contributed by atoms with E-state index in [1.807, 2.05) is 0 Å². The second-order valence-corrected chi connectivity index (χ2v) is 4.98. The molecule has 98 valence electrons. The van der Waals surface area contributed by atoms with E-state index in [0.29, 0.717) is 6.07 Å². The van der Waals surface area contributed by atoms with E-state index in [1.54, 1.807) is 0 Å². The highest BCUT2D eigenvalue weighted by Gasteiger charge is 2.42. The van der Waals surface area contributed by atoms with E-state index in [0.717, 1.165) is 6.07 Å². The largest absolute Gasteiger partial charge is 0.385 e. The van der Waals surface area contributed by atoms with E-state index in [4.69, 9.17) is 10.5 Å². The van der Waals surface area contributed by atoms with Gasteiger partial charge in [0, 0.05) is 11.6 Å². The van der Waals surface area contributed by atoms with Crippen molar-refractivity contribution in [2.45, 2.75) is 18.8 Å². The lowest BCUT2D eigenvalue weighted by Crippen LogP contribution is -2.43. The summed E-state index contributed by atoms with van der Waals surface area (Å²) in [5.41, 5.74) is 3.74. The molecule has 3 nitrogen and oxygen atoms in total. The molecule has 1 aromatic carbocycles. The fraction of sp³-hybridized carbons (Fsp3) is 0.364. The molecule has 18 heavy (non-hydrogen) atoms. The molecule has 0 aromatic heterocycles. The van der Waals surface area contributed by atoms with Gasteiger partial charge in [-0.1, -0.05) is 0 Å². The van der Waals surface area contributed by atoms with Crippen LogP contribution in [0.25, 0.3) is 0 Å². The maximum Gasteiger partial charge on any atom is 0.228 e. The molecule has 0 spiro atoms. The maximum atomic E-state index is 13.8. The van der Waals surface area contributed by atoms with E-state index in [2.05, 4.69) is 20.9 Å². The van der Waals surface area contributed by atoms with Crippen molar-refractivity contribution >= 4 is 21.8 Å². The first-order valence-corrected chi connectivity index (χ1v) is 5.89. The minimum absolute atomic E-state index is 0.0201. The minimum Gasteiger partial charge on any atom is -0.385 e. The number of benzene rings is 1. The number of nitrogens with zero attached hydrogens (tertiary/aromatic N) is 1. The summed E-state index contributed by atoms with van der Waals surface area (Å²) < 4.78 is 45.6. The third-order valence-electron chi connectivity index (χ3n) is 2.75. The zero-order chi connectivity index (χ0) is 13.5. The predicted octanol–water partition coefficient (Wildman–Crippen LogP) is 2.63. The van der Waals surface area contributed by atoms with Gasteiger partial charge in [-0.3, -0.25) is 4.99 Å². The van der Waals surface area contributed by atoms with Crippen LogP contribution in [0.5, 0.6) is 0 Å². The predicted molar refractivity (Wildman–Crippen MR) is 63.9 cm³/mol. The Bertz CT molecular complexity index is 523. The molecular formula is C11H10BrF3N2O. The zero-order valence-corrected chi connectivity index (χ0v) is 11.0. The highest BCUT2D eigenvalue weighted by atomic mass is 79.9. The average molecular weight is 323 g/mol. The van der Waals surface area contributed by atoms with E-state index in [1.165, 1.54) is 6.92 Å². The van der Waals surface area contributed by atoms with Crippen molar-refractivity contribution in [3.63, 3.8) is 0 Å². The van der Waals surface area contributed by atoms with Crippen LogP contribution in [0.15, 0.2) is 21.6 Å². The topological polar surface area (TPSA) is 47.6 Å². The highest BCUT2D eigenvalue weighted by molar-refractivity contribution is 9.10. The second-order valence-electron chi connectivity index (χ2n) is 4.12. The van der Waals surface area contributed by atoms with E-state index in [-0.39, 0.29) is 22.5 Å². The molecule has 2 N–H and O–H groups in total. The fourth-order valence-corrected chi connectivity index (χ4v) is 2.14. The van der Waals surface area contributed by atoms with Gasteiger partial charge in [-0.25, -0.2) is 13.2 Å². The molecule has 7 heteroatoms. The van der Waals surface area contributed by atoms with Crippen LogP contribution < -0.4 is 5.73 Å². The van der Waals surface area contributed by atoms with Crippen LogP contribution in [0.1, 0.15) is 12.5 Å². The number of hydrogen-bond donors (Lipinski definition) is 1.